The highest BCUT2D eigenvalue weighted by Gasteiger charge is 2.23. The molecule has 1 atom stereocenters. The molecule has 1 aliphatic heterocycles. The minimum Gasteiger partial charge on any atom is -0.492 e. The van der Waals surface area contributed by atoms with Crippen molar-refractivity contribution in [1.82, 2.24) is 0 Å². The minimum absolute atomic E-state index is 0.363. The smallest absolute Gasteiger partial charge is 0.335 e. The Labute approximate surface area is 188 Å². The number of anilines is 2. The summed E-state index contributed by atoms with van der Waals surface area (Å²) in [4.78, 5) is 14.1. The van der Waals surface area contributed by atoms with Crippen molar-refractivity contribution in [2.24, 2.45) is 0 Å². The molecule has 0 saturated heterocycles. The Hall–Kier alpha value is -3.51. The molecule has 1 heterocycles. The van der Waals surface area contributed by atoms with E-state index in [9.17, 15) is 4.79 Å². The van der Waals surface area contributed by atoms with E-state index in [1.807, 2.05) is 67.6 Å². The molecule has 0 aromatic heterocycles. The number of carbonyl (C=O) groups is 1. The summed E-state index contributed by atoms with van der Waals surface area (Å²) in [5, 5.41) is 0. The molecule has 32 heavy (non-hydrogen) atoms. The van der Waals surface area contributed by atoms with Crippen molar-refractivity contribution >= 4 is 17.3 Å². The second-order valence-electron chi connectivity index (χ2n) is 7.35. The fourth-order valence-electron chi connectivity index (χ4n) is 3.76. The lowest BCUT2D eigenvalue weighted by molar-refractivity contribution is -0.153. The van der Waals surface area contributed by atoms with Crippen LogP contribution in [0.15, 0.2) is 72.8 Å². The standard InChI is InChI=1S/C26H27NO5/c1-3-30-25(26(28)29-2)18-19-12-14-20(15-13-19)31-17-16-27-21-8-4-6-10-23(21)32-24-11-7-5-9-22(24)27/h4-15,25H,3,16-18H2,1-2H3/t25-/m0/s1. The largest absolute Gasteiger partial charge is 0.492 e. The molecule has 3 aromatic carbocycles. The fraction of sp³-hybridized carbons (Fsp3) is 0.269. The maximum atomic E-state index is 11.9. The minimum atomic E-state index is -0.599. The first-order valence-electron chi connectivity index (χ1n) is 10.7. The molecule has 6 heteroatoms. The molecule has 4 rings (SSSR count). The van der Waals surface area contributed by atoms with Crippen molar-refractivity contribution < 1.29 is 23.7 Å². The number of rotatable bonds is 9. The van der Waals surface area contributed by atoms with Crippen molar-refractivity contribution in [3.63, 3.8) is 0 Å². The zero-order chi connectivity index (χ0) is 22.3. The Morgan fingerprint density at radius 3 is 2.16 bits per heavy atom. The molecule has 1 aliphatic rings. The maximum Gasteiger partial charge on any atom is 0.335 e. The second-order valence-corrected chi connectivity index (χ2v) is 7.35. The van der Waals surface area contributed by atoms with Crippen molar-refractivity contribution in [3.05, 3.63) is 78.4 Å². The summed E-state index contributed by atoms with van der Waals surface area (Å²) in [5.41, 5.74) is 3.03. The van der Waals surface area contributed by atoms with Crippen LogP contribution in [0.1, 0.15) is 12.5 Å². The maximum absolute atomic E-state index is 11.9. The highest BCUT2D eigenvalue weighted by molar-refractivity contribution is 5.77. The van der Waals surface area contributed by atoms with Gasteiger partial charge in [0, 0.05) is 13.0 Å². The molecule has 0 amide bonds. The van der Waals surface area contributed by atoms with E-state index in [0.29, 0.717) is 26.2 Å². The number of methoxy groups -OCH3 is 1. The summed E-state index contributed by atoms with van der Waals surface area (Å²) in [6.45, 7) is 3.49. The number of nitrogens with zero attached hydrogens (tertiary/aromatic N) is 1. The highest BCUT2D eigenvalue weighted by atomic mass is 16.6. The van der Waals surface area contributed by atoms with Gasteiger partial charge < -0.3 is 23.8 Å². The molecular weight excluding hydrogens is 406 g/mol. The molecular formula is C26H27NO5. The molecule has 0 N–H and O–H groups in total. The molecule has 3 aromatic rings. The molecule has 0 spiro atoms. The van der Waals surface area contributed by atoms with Crippen LogP contribution in [0.25, 0.3) is 0 Å². The van der Waals surface area contributed by atoms with E-state index >= 15 is 0 Å². The average molecular weight is 434 g/mol. The predicted octanol–water partition coefficient (Wildman–Crippen LogP) is 5.13. The highest BCUT2D eigenvalue weighted by Crippen LogP contribution is 2.45. The van der Waals surface area contributed by atoms with E-state index in [2.05, 4.69) is 17.0 Å². The quantitative estimate of drug-likeness (QED) is 0.436. The van der Waals surface area contributed by atoms with Crippen LogP contribution in [-0.4, -0.2) is 38.9 Å². The van der Waals surface area contributed by atoms with E-state index in [4.69, 9.17) is 18.9 Å². The van der Waals surface area contributed by atoms with Crippen molar-refractivity contribution in [2.45, 2.75) is 19.4 Å². The summed E-state index contributed by atoms with van der Waals surface area (Å²) in [7, 11) is 1.37. The summed E-state index contributed by atoms with van der Waals surface area (Å²) >= 11 is 0. The number of hydrogen-bond acceptors (Lipinski definition) is 6. The Morgan fingerprint density at radius 2 is 1.56 bits per heavy atom. The third-order valence-corrected chi connectivity index (χ3v) is 5.29. The average Bonchev–Trinajstić information content (AvgIpc) is 2.83. The Bertz CT molecular complexity index is 1000. The summed E-state index contributed by atoms with van der Waals surface area (Å²) in [5.74, 6) is 2.09. The van der Waals surface area contributed by atoms with Gasteiger partial charge in [-0.25, -0.2) is 4.79 Å². The third kappa shape index (κ3) is 4.86. The number of carbonyl (C=O) groups excluding carboxylic acids is 1. The Morgan fingerprint density at radius 1 is 0.938 bits per heavy atom. The molecule has 166 valence electrons. The van der Waals surface area contributed by atoms with Crippen molar-refractivity contribution in [2.75, 3.05) is 31.8 Å². The van der Waals surface area contributed by atoms with Gasteiger partial charge in [-0.05, 0) is 48.9 Å². The van der Waals surface area contributed by atoms with Crippen LogP contribution in [0.5, 0.6) is 17.2 Å². The molecule has 0 saturated carbocycles. The van der Waals surface area contributed by atoms with Gasteiger partial charge in [0.2, 0.25) is 0 Å². The van der Waals surface area contributed by atoms with Crippen LogP contribution in [-0.2, 0) is 20.7 Å². The molecule has 0 radical (unpaired) electrons. The van der Waals surface area contributed by atoms with Gasteiger partial charge in [0.25, 0.3) is 0 Å². The Balaban J connectivity index is 1.39. The van der Waals surface area contributed by atoms with E-state index in [-0.39, 0.29) is 5.97 Å². The molecule has 6 nitrogen and oxygen atoms in total. The number of esters is 1. The number of benzene rings is 3. The van der Waals surface area contributed by atoms with Crippen LogP contribution in [0.2, 0.25) is 0 Å². The summed E-state index contributed by atoms with van der Waals surface area (Å²) in [6, 6.07) is 23.7. The number of ether oxygens (including phenoxy) is 4. The molecule has 0 fully saturated rings. The number of para-hydroxylation sites is 4. The number of hydrogen-bond donors (Lipinski definition) is 0. The second kappa shape index (κ2) is 10.2. The van der Waals surface area contributed by atoms with E-state index in [1.165, 1.54) is 7.11 Å². The number of fused-ring (bicyclic) bond motifs is 2. The topological polar surface area (TPSA) is 57.2 Å². The molecule has 0 bridgehead atoms. The van der Waals surface area contributed by atoms with Gasteiger partial charge in [-0.1, -0.05) is 36.4 Å². The van der Waals surface area contributed by atoms with Gasteiger partial charge in [-0.3, -0.25) is 0 Å². The third-order valence-electron chi connectivity index (χ3n) is 5.29. The predicted molar refractivity (Wildman–Crippen MR) is 123 cm³/mol. The van der Waals surface area contributed by atoms with Gasteiger partial charge in [0.05, 0.1) is 25.0 Å². The molecule has 0 aliphatic carbocycles. The van der Waals surface area contributed by atoms with Crippen molar-refractivity contribution in [3.8, 4) is 17.2 Å². The van der Waals surface area contributed by atoms with Gasteiger partial charge in [-0.2, -0.15) is 0 Å². The van der Waals surface area contributed by atoms with Gasteiger partial charge >= 0.3 is 5.97 Å². The van der Waals surface area contributed by atoms with Crippen molar-refractivity contribution in [1.29, 1.82) is 0 Å². The van der Waals surface area contributed by atoms with Gasteiger partial charge in [0.15, 0.2) is 17.6 Å². The fourth-order valence-corrected chi connectivity index (χ4v) is 3.76. The van der Waals surface area contributed by atoms with Crippen LogP contribution in [0.4, 0.5) is 11.4 Å². The van der Waals surface area contributed by atoms with Crippen LogP contribution in [0, 0.1) is 0 Å². The van der Waals surface area contributed by atoms with Crippen LogP contribution < -0.4 is 14.4 Å². The van der Waals surface area contributed by atoms with E-state index in [1.54, 1.807) is 0 Å². The zero-order valence-electron chi connectivity index (χ0n) is 18.3. The SMILES string of the molecule is CCO[C@@H](Cc1ccc(OCCN2c3ccccc3Oc3ccccc32)cc1)C(=O)OC. The van der Waals surface area contributed by atoms with E-state index < -0.39 is 6.10 Å². The normalized spacial score (nSPS) is 12.9. The Kier molecular flexibility index (Phi) is 6.92. The zero-order valence-corrected chi connectivity index (χ0v) is 18.3. The summed E-state index contributed by atoms with van der Waals surface area (Å²) < 4.78 is 22.4. The van der Waals surface area contributed by atoms with Crippen LogP contribution in [0.3, 0.4) is 0 Å². The van der Waals surface area contributed by atoms with Crippen LogP contribution >= 0.6 is 0 Å². The van der Waals surface area contributed by atoms with Gasteiger partial charge in [0.1, 0.15) is 12.4 Å². The monoisotopic (exact) mass is 433 g/mol. The lowest BCUT2D eigenvalue weighted by Crippen LogP contribution is -2.28. The lowest BCUT2D eigenvalue weighted by atomic mass is 10.1. The first kappa shape index (κ1) is 21.7. The van der Waals surface area contributed by atoms with E-state index in [0.717, 1.165) is 34.2 Å². The first-order valence-corrected chi connectivity index (χ1v) is 10.7. The first-order chi connectivity index (χ1) is 15.7. The lowest BCUT2D eigenvalue weighted by Gasteiger charge is -2.32. The summed E-state index contributed by atoms with van der Waals surface area (Å²) in [6.07, 6.45) is -0.138. The van der Waals surface area contributed by atoms with Gasteiger partial charge in [-0.15, -0.1) is 0 Å². The molecule has 0 unspecified atom stereocenters.